The summed E-state index contributed by atoms with van der Waals surface area (Å²) in [6.07, 6.45) is 2.76. The average molecular weight is 465 g/mol. The van der Waals surface area contributed by atoms with E-state index in [9.17, 15) is 9.59 Å². The monoisotopic (exact) mass is 464 g/mol. The van der Waals surface area contributed by atoms with Crippen LogP contribution in [0, 0.1) is 11.3 Å². The van der Waals surface area contributed by atoms with Crippen LogP contribution in [-0.2, 0) is 17.6 Å². The third-order valence-electron chi connectivity index (χ3n) is 5.44. The van der Waals surface area contributed by atoms with Gasteiger partial charge in [-0.25, -0.2) is 4.79 Å². The summed E-state index contributed by atoms with van der Waals surface area (Å²) in [6, 6.07) is 6.52. The first-order chi connectivity index (χ1) is 14.1. The van der Waals surface area contributed by atoms with Crippen molar-refractivity contribution in [2.45, 2.75) is 40.0 Å². The van der Waals surface area contributed by atoms with Crippen molar-refractivity contribution < 1.29 is 14.3 Å². The number of hydrogen-bond donors (Lipinski definition) is 2. The Balaban J connectivity index is 1.80. The van der Waals surface area contributed by atoms with Crippen molar-refractivity contribution in [1.29, 1.82) is 0 Å². The lowest BCUT2D eigenvalue weighted by atomic mass is 9.72. The summed E-state index contributed by atoms with van der Waals surface area (Å²) in [5.41, 5.74) is 2.19. The van der Waals surface area contributed by atoms with E-state index in [-0.39, 0.29) is 16.4 Å². The summed E-state index contributed by atoms with van der Waals surface area (Å²) < 4.78 is 5.02. The molecule has 1 amide bonds. The van der Waals surface area contributed by atoms with Gasteiger partial charge >= 0.3 is 5.97 Å². The Bertz CT molecular complexity index is 978. The maximum atomic E-state index is 12.5. The number of esters is 1. The SMILES string of the molecule is COC(=O)c1c(NC(=S)NC(=O)c2ccc(Cl)cc2)sc2c1CCC(C(C)(C)C)C2. The smallest absolute Gasteiger partial charge is 0.341 e. The van der Waals surface area contributed by atoms with Gasteiger partial charge in [-0.1, -0.05) is 32.4 Å². The van der Waals surface area contributed by atoms with Crippen molar-refractivity contribution >= 4 is 57.1 Å². The van der Waals surface area contributed by atoms with E-state index in [4.69, 9.17) is 28.6 Å². The molecule has 1 aliphatic carbocycles. The number of carbonyl (C=O) groups excluding carboxylic acids is 2. The second-order valence-electron chi connectivity index (χ2n) is 8.42. The first-order valence-corrected chi connectivity index (χ1v) is 11.3. The van der Waals surface area contributed by atoms with E-state index in [1.165, 1.54) is 23.3 Å². The number of hydrogen-bond acceptors (Lipinski definition) is 5. The Labute approximate surface area is 191 Å². The number of thiocarbonyl (C=S) groups is 1. The van der Waals surface area contributed by atoms with E-state index in [2.05, 4.69) is 31.4 Å². The number of ether oxygens (including phenoxy) is 1. The Morgan fingerprint density at radius 1 is 1.23 bits per heavy atom. The molecule has 30 heavy (non-hydrogen) atoms. The van der Waals surface area contributed by atoms with Crippen molar-refractivity contribution in [3.05, 3.63) is 50.9 Å². The highest BCUT2D eigenvalue weighted by molar-refractivity contribution is 7.80. The zero-order valence-corrected chi connectivity index (χ0v) is 19.8. The summed E-state index contributed by atoms with van der Waals surface area (Å²) in [4.78, 5) is 26.1. The topological polar surface area (TPSA) is 67.4 Å². The number of halogens is 1. The van der Waals surface area contributed by atoms with Gasteiger partial charge in [0.15, 0.2) is 5.11 Å². The van der Waals surface area contributed by atoms with Gasteiger partial charge in [0.2, 0.25) is 0 Å². The Morgan fingerprint density at radius 3 is 2.50 bits per heavy atom. The second kappa shape index (κ2) is 9.04. The van der Waals surface area contributed by atoms with Crippen LogP contribution < -0.4 is 10.6 Å². The number of fused-ring (bicyclic) bond motifs is 1. The summed E-state index contributed by atoms with van der Waals surface area (Å²) >= 11 is 12.7. The molecule has 3 rings (SSSR count). The molecule has 0 saturated carbocycles. The van der Waals surface area contributed by atoms with Gasteiger partial charge in [-0.3, -0.25) is 10.1 Å². The number of anilines is 1. The van der Waals surface area contributed by atoms with E-state index < -0.39 is 5.97 Å². The molecular formula is C22H25ClN2O3S2. The van der Waals surface area contributed by atoms with Gasteiger partial charge in [0.25, 0.3) is 5.91 Å². The lowest BCUT2D eigenvalue weighted by Crippen LogP contribution is -2.34. The van der Waals surface area contributed by atoms with E-state index in [1.807, 2.05) is 0 Å². The Kier molecular flexibility index (Phi) is 6.84. The van der Waals surface area contributed by atoms with Crippen LogP contribution in [0.15, 0.2) is 24.3 Å². The highest BCUT2D eigenvalue weighted by atomic mass is 35.5. The molecular weight excluding hydrogens is 440 g/mol. The highest BCUT2D eigenvalue weighted by Crippen LogP contribution is 2.44. The zero-order chi connectivity index (χ0) is 22.1. The van der Waals surface area contributed by atoms with Crippen molar-refractivity contribution in [2.75, 3.05) is 12.4 Å². The lowest BCUT2D eigenvalue weighted by molar-refractivity contribution is 0.0600. The molecule has 0 saturated heterocycles. The van der Waals surface area contributed by atoms with E-state index in [0.717, 1.165) is 24.8 Å². The molecule has 0 spiro atoms. The maximum Gasteiger partial charge on any atom is 0.341 e. The Morgan fingerprint density at radius 2 is 1.90 bits per heavy atom. The third-order valence-corrected chi connectivity index (χ3v) is 7.07. The lowest BCUT2D eigenvalue weighted by Gasteiger charge is -2.33. The number of carbonyl (C=O) groups is 2. The summed E-state index contributed by atoms with van der Waals surface area (Å²) in [5, 5.41) is 6.99. The van der Waals surface area contributed by atoms with Crippen LogP contribution in [0.5, 0.6) is 0 Å². The van der Waals surface area contributed by atoms with Crippen molar-refractivity contribution in [2.24, 2.45) is 11.3 Å². The summed E-state index contributed by atoms with van der Waals surface area (Å²) in [5.74, 6) is -0.201. The van der Waals surface area contributed by atoms with Crippen molar-refractivity contribution in [3.63, 3.8) is 0 Å². The Hall–Kier alpha value is -1.96. The largest absolute Gasteiger partial charge is 0.465 e. The summed E-state index contributed by atoms with van der Waals surface area (Å²) in [6.45, 7) is 6.74. The molecule has 8 heteroatoms. The third kappa shape index (κ3) is 5.02. The predicted octanol–water partition coefficient (Wildman–Crippen LogP) is 5.47. The number of thiophene rings is 1. The van der Waals surface area contributed by atoms with Gasteiger partial charge < -0.3 is 10.1 Å². The highest BCUT2D eigenvalue weighted by Gasteiger charge is 2.34. The van der Waals surface area contributed by atoms with E-state index in [0.29, 0.717) is 27.1 Å². The normalized spacial score (nSPS) is 15.8. The molecule has 160 valence electrons. The fraction of sp³-hybridized carbons (Fsp3) is 0.409. The minimum atomic E-state index is -0.393. The molecule has 0 aliphatic heterocycles. The molecule has 5 nitrogen and oxygen atoms in total. The van der Waals surface area contributed by atoms with E-state index >= 15 is 0 Å². The minimum absolute atomic E-state index is 0.131. The summed E-state index contributed by atoms with van der Waals surface area (Å²) in [7, 11) is 1.37. The van der Waals surface area contributed by atoms with Gasteiger partial charge in [-0.15, -0.1) is 11.3 Å². The second-order valence-corrected chi connectivity index (χ2v) is 10.4. The van der Waals surface area contributed by atoms with Gasteiger partial charge in [0.05, 0.1) is 12.7 Å². The van der Waals surface area contributed by atoms with Crippen molar-refractivity contribution in [1.82, 2.24) is 5.32 Å². The van der Waals surface area contributed by atoms with E-state index in [1.54, 1.807) is 24.3 Å². The standard InChI is InChI=1S/C22H25ClN2O3S2/c1-22(2,3)13-7-10-15-16(11-13)30-19(17(15)20(27)28-4)25-21(29)24-18(26)12-5-8-14(23)9-6-12/h5-6,8-9,13H,7,10-11H2,1-4H3,(H2,24,25,26,29). The molecule has 0 bridgehead atoms. The van der Waals surface area contributed by atoms with Gasteiger partial charge in [0.1, 0.15) is 5.00 Å². The molecule has 1 atom stereocenters. The molecule has 0 fully saturated rings. The first kappa shape index (κ1) is 22.7. The first-order valence-electron chi connectivity index (χ1n) is 9.71. The number of nitrogens with one attached hydrogen (secondary N) is 2. The van der Waals surface area contributed by atoms with Gasteiger partial charge in [-0.2, -0.15) is 0 Å². The van der Waals surface area contributed by atoms with Crippen LogP contribution in [0.3, 0.4) is 0 Å². The molecule has 2 N–H and O–H groups in total. The van der Waals surface area contributed by atoms with Crippen LogP contribution in [0.1, 0.15) is 58.3 Å². The van der Waals surface area contributed by atoms with Crippen LogP contribution in [0.2, 0.25) is 5.02 Å². The molecule has 1 aromatic heterocycles. The predicted molar refractivity (Wildman–Crippen MR) is 126 cm³/mol. The van der Waals surface area contributed by atoms with Crippen molar-refractivity contribution in [3.8, 4) is 0 Å². The van der Waals surface area contributed by atoms with Gasteiger partial charge in [-0.05, 0) is 72.6 Å². The van der Waals surface area contributed by atoms with Gasteiger partial charge in [0, 0.05) is 15.5 Å². The molecule has 1 unspecified atom stereocenters. The minimum Gasteiger partial charge on any atom is -0.465 e. The fourth-order valence-corrected chi connectivity index (χ4v) is 5.35. The van der Waals surface area contributed by atoms with Crippen LogP contribution in [0.25, 0.3) is 0 Å². The molecule has 2 aromatic rings. The van der Waals surface area contributed by atoms with Crippen LogP contribution >= 0.6 is 35.2 Å². The fourth-order valence-electron chi connectivity index (χ4n) is 3.64. The maximum absolute atomic E-state index is 12.5. The quantitative estimate of drug-likeness (QED) is 0.466. The average Bonchev–Trinajstić information content (AvgIpc) is 3.03. The molecule has 1 aromatic carbocycles. The van der Waals surface area contributed by atoms with Crippen LogP contribution in [0.4, 0.5) is 5.00 Å². The molecule has 1 heterocycles. The zero-order valence-electron chi connectivity index (χ0n) is 17.4. The molecule has 0 radical (unpaired) electrons. The number of methoxy groups -OCH3 is 1. The number of benzene rings is 1. The number of rotatable bonds is 3. The van der Waals surface area contributed by atoms with Crippen LogP contribution in [-0.4, -0.2) is 24.1 Å². The molecule has 1 aliphatic rings. The number of amides is 1.